The molecular formula is C28H21F2NO3. The second-order valence-electron chi connectivity index (χ2n) is 7.69. The van der Waals surface area contributed by atoms with Crippen molar-refractivity contribution >= 4 is 0 Å². The van der Waals surface area contributed by atoms with Gasteiger partial charge in [0.15, 0.2) is 6.10 Å². The molecule has 0 aliphatic rings. The summed E-state index contributed by atoms with van der Waals surface area (Å²) in [5.41, 5.74) is 3.35. The van der Waals surface area contributed by atoms with E-state index in [9.17, 15) is 13.9 Å². The normalized spacial score (nSPS) is 12.4. The van der Waals surface area contributed by atoms with Crippen LogP contribution in [0.5, 0.6) is 11.5 Å². The molecule has 4 aromatic rings. The van der Waals surface area contributed by atoms with Crippen LogP contribution in [0.25, 0.3) is 22.3 Å². The van der Waals surface area contributed by atoms with Crippen molar-refractivity contribution in [2.45, 2.75) is 19.3 Å². The highest BCUT2D eigenvalue weighted by atomic mass is 19.1. The molecule has 0 aromatic heterocycles. The lowest BCUT2D eigenvalue weighted by Gasteiger charge is -2.22. The van der Waals surface area contributed by atoms with Crippen LogP contribution in [0.2, 0.25) is 0 Å². The van der Waals surface area contributed by atoms with Crippen LogP contribution in [0.4, 0.5) is 8.78 Å². The Kier molecular flexibility index (Phi) is 6.86. The molecule has 0 amide bonds. The van der Waals surface area contributed by atoms with Gasteiger partial charge in [0.2, 0.25) is 6.29 Å². The molecule has 2 unspecified atom stereocenters. The van der Waals surface area contributed by atoms with Gasteiger partial charge in [0.25, 0.3) is 0 Å². The van der Waals surface area contributed by atoms with E-state index < -0.39 is 24.0 Å². The first-order valence-electron chi connectivity index (χ1n) is 10.6. The zero-order valence-electron chi connectivity index (χ0n) is 18.3. The molecule has 0 saturated heterocycles. The maximum Gasteiger partial charge on any atom is 0.234 e. The van der Waals surface area contributed by atoms with Crippen molar-refractivity contribution in [1.29, 1.82) is 5.26 Å². The highest BCUT2D eigenvalue weighted by Gasteiger charge is 2.19. The highest BCUT2D eigenvalue weighted by Crippen LogP contribution is 2.28. The molecule has 4 rings (SSSR count). The Labute approximate surface area is 196 Å². The average Bonchev–Trinajstić information content (AvgIpc) is 2.85. The summed E-state index contributed by atoms with van der Waals surface area (Å²) in [6.45, 7) is 1.64. The fraction of sp³-hybridized carbons (Fsp3) is 0.107. The van der Waals surface area contributed by atoms with E-state index >= 15 is 0 Å². The first-order valence-corrected chi connectivity index (χ1v) is 10.6. The van der Waals surface area contributed by atoms with Gasteiger partial charge in [-0.05, 0) is 72.1 Å². The van der Waals surface area contributed by atoms with Gasteiger partial charge in [0.05, 0.1) is 11.6 Å². The quantitative estimate of drug-likeness (QED) is 0.329. The van der Waals surface area contributed by atoms with Crippen LogP contribution in [0.15, 0.2) is 91.0 Å². The SMILES string of the molecule is CC(Oc1ccc(-c2ccc(C#N)cc2)cc1)C(O)Oc1ccc(-c2ccc(F)cc2)c(F)c1. The maximum absolute atomic E-state index is 14.6. The Morgan fingerprint density at radius 1 is 0.735 bits per heavy atom. The molecule has 0 heterocycles. The summed E-state index contributed by atoms with van der Waals surface area (Å²) < 4.78 is 38.9. The van der Waals surface area contributed by atoms with Gasteiger partial charge < -0.3 is 14.6 Å². The lowest BCUT2D eigenvalue weighted by molar-refractivity contribution is -0.0863. The summed E-state index contributed by atoms with van der Waals surface area (Å²) >= 11 is 0. The van der Waals surface area contributed by atoms with Gasteiger partial charge in [-0.1, -0.05) is 36.4 Å². The Bertz CT molecular complexity index is 1300. The average molecular weight is 457 g/mol. The lowest BCUT2D eigenvalue weighted by atomic mass is 10.0. The van der Waals surface area contributed by atoms with Gasteiger partial charge in [-0.15, -0.1) is 0 Å². The van der Waals surface area contributed by atoms with Gasteiger partial charge in [0.1, 0.15) is 23.1 Å². The molecule has 4 aromatic carbocycles. The van der Waals surface area contributed by atoms with E-state index in [4.69, 9.17) is 14.7 Å². The topological polar surface area (TPSA) is 62.5 Å². The minimum Gasteiger partial charge on any atom is -0.484 e. The second kappa shape index (κ2) is 10.2. The maximum atomic E-state index is 14.6. The Hall–Kier alpha value is -4.21. The number of hydrogen-bond donors (Lipinski definition) is 1. The van der Waals surface area contributed by atoms with Crippen molar-refractivity contribution < 1.29 is 23.4 Å². The van der Waals surface area contributed by atoms with Gasteiger partial charge in [-0.2, -0.15) is 5.26 Å². The fourth-order valence-electron chi connectivity index (χ4n) is 3.40. The molecule has 2 atom stereocenters. The third-order valence-corrected chi connectivity index (χ3v) is 5.28. The number of rotatable bonds is 7. The molecule has 0 saturated carbocycles. The number of hydrogen-bond acceptors (Lipinski definition) is 4. The number of halogens is 2. The van der Waals surface area contributed by atoms with Crippen molar-refractivity contribution in [1.82, 2.24) is 0 Å². The molecule has 170 valence electrons. The summed E-state index contributed by atoms with van der Waals surface area (Å²) in [7, 11) is 0. The Morgan fingerprint density at radius 2 is 1.29 bits per heavy atom. The Morgan fingerprint density at radius 3 is 1.88 bits per heavy atom. The zero-order chi connectivity index (χ0) is 24.1. The molecule has 4 nitrogen and oxygen atoms in total. The van der Waals surface area contributed by atoms with Crippen molar-refractivity contribution in [3.05, 3.63) is 108 Å². The van der Waals surface area contributed by atoms with Crippen molar-refractivity contribution in [2.75, 3.05) is 0 Å². The van der Waals surface area contributed by atoms with Gasteiger partial charge in [-0.25, -0.2) is 8.78 Å². The first-order chi connectivity index (χ1) is 16.4. The standard InChI is InChI=1S/C28H21F2NO3/c1-18(33-24-12-8-21(9-13-24)20-4-2-19(17-31)3-5-20)28(32)34-25-14-15-26(27(30)16-25)22-6-10-23(29)11-7-22/h2-16,18,28,32H,1H3. The fourth-order valence-corrected chi connectivity index (χ4v) is 3.40. The van der Waals surface area contributed by atoms with E-state index in [1.165, 1.54) is 42.5 Å². The summed E-state index contributed by atoms with van der Waals surface area (Å²) in [6, 6.07) is 26.4. The predicted molar refractivity (Wildman–Crippen MR) is 125 cm³/mol. The van der Waals surface area contributed by atoms with Crippen molar-refractivity contribution in [3.8, 4) is 39.8 Å². The molecule has 0 bridgehead atoms. The molecule has 0 fully saturated rings. The number of ether oxygens (including phenoxy) is 2. The molecule has 34 heavy (non-hydrogen) atoms. The summed E-state index contributed by atoms with van der Waals surface area (Å²) in [6.07, 6.45) is -2.07. The van der Waals surface area contributed by atoms with Gasteiger partial charge in [0, 0.05) is 11.6 Å². The van der Waals surface area contributed by atoms with Crippen LogP contribution in [-0.2, 0) is 0 Å². The number of benzene rings is 4. The molecule has 0 radical (unpaired) electrons. The highest BCUT2D eigenvalue weighted by molar-refractivity contribution is 5.65. The number of nitrogens with zero attached hydrogens (tertiary/aromatic N) is 1. The number of aliphatic hydroxyl groups excluding tert-OH is 1. The lowest BCUT2D eigenvalue weighted by Crippen LogP contribution is -2.33. The van der Waals surface area contributed by atoms with E-state index in [2.05, 4.69) is 6.07 Å². The summed E-state index contributed by atoms with van der Waals surface area (Å²) in [4.78, 5) is 0. The Balaban J connectivity index is 1.38. The van der Waals surface area contributed by atoms with Crippen LogP contribution in [-0.4, -0.2) is 17.5 Å². The molecule has 0 aliphatic carbocycles. The van der Waals surface area contributed by atoms with Crippen molar-refractivity contribution in [3.63, 3.8) is 0 Å². The van der Waals surface area contributed by atoms with E-state index in [-0.39, 0.29) is 5.75 Å². The van der Waals surface area contributed by atoms with Crippen LogP contribution in [0, 0.1) is 23.0 Å². The third kappa shape index (κ3) is 5.40. The monoisotopic (exact) mass is 457 g/mol. The largest absolute Gasteiger partial charge is 0.484 e. The molecule has 1 N–H and O–H groups in total. The number of aliphatic hydroxyl groups is 1. The van der Waals surface area contributed by atoms with Crippen LogP contribution < -0.4 is 9.47 Å². The minimum absolute atomic E-state index is 0.141. The summed E-state index contributed by atoms with van der Waals surface area (Å²) in [5, 5.41) is 19.3. The summed E-state index contributed by atoms with van der Waals surface area (Å²) in [5.74, 6) is -0.277. The van der Waals surface area contributed by atoms with Gasteiger partial charge >= 0.3 is 0 Å². The molecule has 0 aliphatic heterocycles. The smallest absolute Gasteiger partial charge is 0.234 e. The molecule has 6 heteroatoms. The predicted octanol–water partition coefficient (Wildman–Crippen LogP) is 6.34. The van der Waals surface area contributed by atoms with Crippen LogP contribution in [0.1, 0.15) is 12.5 Å². The van der Waals surface area contributed by atoms with Crippen LogP contribution >= 0.6 is 0 Å². The zero-order valence-corrected chi connectivity index (χ0v) is 18.3. The van der Waals surface area contributed by atoms with E-state index in [1.54, 1.807) is 31.2 Å². The third-order valence-electron chi connectivity index (χ3n) is 5.28. The second-order valence-corrected chi connectivity index (χ2v) is 7.69. The first kappa shape index (κ1) is 23.0. The van der Waals surface area contributed by atoms with E-state index in [1.807, 2.05) is 24.3 Å². The van der Waals surface area contributed by atoms with E-state index in [0.717, 1.165) is 11.1 Å². The van der Waals surface area contributed by atoms with E-state index in [0.29, 0.717) is 22.4 Å². The minimum atomic E-state index is -1.34. The van der Waals surface area contributed by atoms with Crippen molar-refractivity contribution in [2.24, 2.45) is 0 Å². The molecular weight excluding hydrogens is 436 g/mol. The van der Waals surface area contributed by atoms with Crippen LogP contribution in [0.3, 0.4) is 0 Å². The number of nitriles is 1. The molecule has 0 spiro atoms. The van der Waals surface area contributed by atoms with Gasteiger partial charge in [-0.3, -0.25) is 0 Å².